The van der Waals surface area contributed by atoms with Crippen LogP contribution in [0.5, 0.6) is 0 Å². The van der Waals surface area contributed by atoms with Gasteiger partial charge in [0.25, 0.3) is 0 Å². The number of amidine groups is 1. The van der Waals surface area contributed by atoms with Crippen molar-refractivity contribution in [1.29, 1.82) is 5.26 Å². The summed E-state index contributed by atoms with van der Waals surface area (Å²) < 4.78 is 46.3. The molecule has 0 spiro atoms. The van der Waals surface area contributed by atoms with Gasteiger partial charge in [0.1, 0.15) is 6.04 Å². The number of allylic oxidation sites excluding steroid dienone is 1. The molecule has 1 unspecified atom stereocenters. The van der Waals surface area contributed by atoms with E-state index in [1.165, 1.54) is 17.8 Å². The number of carbonyl (C=O) groups is 1. The van der Waals surface area contributed by atoms with Gasteiger partial charge in [-0.15, -0.1) is 0 Å². The summed E-state index contributed by atoms with van der Waals surface area (Å²) in [4.78, 5) is 23.8. The molecule has 4 rings (SSSR count). The number of anilines is 1. The van der Waals surface area contributed by atoms with E-state index in [9.17, 15) is 23.2 Å². The van der Waals surface area contributed by atoms with Crippen molar-refractivity contribution >= 4 is 28.6 Å². The van der Waals surface area contributed by atoms with Crippen molar-refractivity contribution in [2.24, 2.45) is 4.99 Å². The first-order valence-corrected chi connectivity index (χ1v) is 13.2. The van der Waals surface area contributed by atoms with Gasteiger partial charge in [0, 0.05) is 29.5 Å². The number of aliphatic imine (C=N–C) groups is 1. The SMILES string of the molecule is CCCOC(=O)C1=C(C)N(c2cccc(C(F)(F)F)c2)C(SCc2ccncc2)=NC1c1ccc(C#N)cc1. The summed E-state index contributed by atoms with van der Waals surface area (Å²) in [6, 6.07) is 16.6. The van der Waals surface area contributed by atoms with E-state index in [4.69, 9.17) is 9.73 Å². The Morgan fingerprint density at radius 2 is 1.85 bits per heavy atom. The molecule has 0 N–H and O–H groups in total. The number of rotatable bonds is 7. The van der Waals surface area contributed by atoms with E-state index in [1.54, 1.807) is 54.5 Å². The van der Waals surface area contributed by atoms with Gasteiger partial charge in [-0.05, 0) is 66.9 Å². The zero-order valence-electron chi connectivity index (χ0n) is 21.3. The number of carbonyl (C=O) groups excluding carboxylic acids is 1. The molecule has 1 aliphatic rings. The van der Waals surface area contributed by atoms with Gasteiger partial charge in [-0.3, -0.25) is 9.88 Å². The molecule has 2 aromatic carbocycles. The van der Waals surface area contributed by atoms with Crippen LogP contribution in [0.15, 0.2) is 89.3 Å². The molecule has 10 heteroatoms. The Kier molecular flexibility index (Phi) is 8.72. The number of halogens is 3. The van der Waals surface area contributed by atoms with Crippen molar-refractivity contribution in [2.45, 2.75) is 38.2 Å². The first-order chi connectivity index (χ1) is 18.7. The van der Waals surface area contributed by atoms with Crippen LogP contribution >= 0.6 is 11.8 Å². The van der Waals surface area contributed by atoms with Gasteiger partial charge in [-0.25, -0.2) is 9.79 Å². The first-order valence-electron chi connectivity index (χ1n) is 12.2. The Morgan fingerprint density at radius 1 is 1.13 bits per heavy atom. The maximum absolute atomic E-state index is 13.6. The third-order valence-corrected chi connectivity index (χ3v) is 7.02. The minimum Gasteiger partial charge on any atom is -0.462 e. The van der Waals surface area contributed by atoms with Gasteiger partial charge >= 0.3 is 12.1 Å². The molecule has 0 saturated carbocycles. The second-order valence-corrected chi connectivity index (χ2v) is 9.65. The predicted octanol–water partition coefficient (Wildman–Crippen LogP) is 7.05. The van der Waals surface area contributed by atoms with E-state index in [0.29, 0.717) is 34.2 Å². The van der Waals surface area contributed by atoms with Gasteiger partial charge in [-0.2, -0.15) is 18.4 Å². The van der Waals surface area contributed by atoms with Crippen LogP contribution < -0.4 is 4.90 Å². The number of aromatic nitrogens is 1. The van der Waals surface area contributed by atoms with Crippen molar-refractivity contribution in [3.63, 3.8) is 0 Å². The quantitative estimate of drug-likeness (QED) is 0.293. The normalized spacial score (nSPS) is 15.5. The number of hydrogen-bond acceptors (Lipinski definition) is 7. The van der Waals surface area contributed by atoms with E-state index >= 15 is 0 Å². The molecular weight excluding hydrogens is 525 g/mol. The molecule has 1 aromatic heterocycles. The second kappa shape index (κ2) is 12.2. The van der Waals surface area contributed by atoms with Crippen LogP contribution in [-0.2, 0) is 21.5 Å². The largest absolute Gasteiger partial charge is 0.462 e. The lowest BCUT2D eigenvalue weighted by Crippen LogP contribution is -2.35. The standard InChI is InChI=1S/C29H25F3N4O2S/c1-3-15-38-27(37)25-19(2)36(24-6-4-5-23(16-24)29(30,31)32)28(39-18-21-11-13-34-14-12-21)35-26(25)22-9-7-20(17-33)8-10-22/h4-14,16,26H,3,15,18H2,1-2H3. The zero-order valence-corrected chi connectivity index (χ0v) is 22.1. The monoisotopic (exact) mass is 550 g/mol. The van der Waals surface area contributed by atoms with E-state index in [2.05, 4.69) is 11.1 Å². The second-order valence-electron chi connectivity index (χ2n) is 8.71. The molecule has 0 fully saturated rings. The highest BCUT2D eigenvalue weighted by atomic mass is 32.2. The summed E-state index contributed by atoms with van der Waals surface area (Å²) in [5, 5.41) is 9.64. The number of pyridine rings is 1. The third kappa shape index (κ3) is 6.49. The predicted molar refractivity (Wildman–Crippen MR) is 145 cm³/mol. The average Bonchev–Trinajstić information content (AvgIpc) is 2.94. The summed E-state index contributed by atoms with van der Waals surface area (Å²) in [6.45, 7) is 3.74. The highest BCUT2D eigenvalue weighted by molar-refractivity contribution is 8.13. The van der Waals surface area contributed by atoms with Gasteiger partial charge in [0.15, 0.2) is 5.17 Å². The van der Waals surface area contributed by atoms with Crippen molar-refractivity contribution in [1.82, 2.24) is 4.98 Å². The number of ether oxygens (including phenoxy) is 1. The van der Waals surface area contributed by atoms with Crippen molar-refractivity contribution < 1.29 is 22.7 Å². The highest BCUT2D eigenvalue weighted by Crippen LogP contribution is 2.41. The fourth-order valence-corrected chi connectivity index (χ4v) is 5.10. The lowest BCUT2D eigenvalue weighted by molar-refractivity contribution is -0.139. The Bertz CT molecular complexity index is 1430. The first kappa shape index (κ1) is 27.9. The summed E-state index contributed by atoms with van der Waals surface area (Å²) in [5.74, 6) is -0.123. The van der Waals surface area contributed by atoms with Crippen LogP contribution in [-0.4, -0.2) is 22.7 Å². The fraction of sp³-hybridized carbons (Fsp3) is 0.241. The van der Waals surface area contributed by atoms with E-state index in [-0.39, 0.29) is 17.9 Å². The van der Waals surface area contributed by atoms with Crippen molar-refractivity contribution in [2.75, 3.05) is 11.5 Å². The van der Waals surface area contributed by atoms with E-state index in [1.807, 2.05) is 19.1 Å². The van der Waals surface area contributed by atoms with E-state index < -0.39 is 23.8 Å². The van der Waals surface area contributed by atoms with Crippen LogP contribution in [0.2, 0.25) is 0 Å². The molecule has 200 valence electrons. The molecular formula is C29H25F3N4O2S. The smallest absolute Gasteiger partial charge is 0.416 e. The summed E-state index contributed by atoms with van der Waals surface area (Å²) in [6.07, 6.45) is -0.614. The molecule has 6 nitrogen and oxygen atoms in total. The van der Waals surface area contributed by atoms with Gasteiger partial charge in [0.05, 0.1) is 29.4 Å². The molecule has 39 heavy (non-hydrogen) atoms. The number of hydrogen-bond donors (Lipinski definition) is 0. The van der Waals surface area contributed by atoms with Crippen LogP contribution in [0.3, 0.4) is 0 Å². The Morgan fingerprint density at radius 3 is 2.49 bits per heavy atom. The number of thioether (sulfide) groups is 1. The van der Waals surface area contributed by atoms with Crippen LogP contribution in [0.1, 0.15) is 48.6 Å². The minimum absolute atomic E-state index is 0.187. The number of alkyl halides is 3. The highest BCUT2D eigenvalue weighted by Gasteiger charge is 2.36. The minimum atomic E-state index is -4.54. The topological polar surface area (TPSA) is 78.6 Å². The summed E-state index contributed by atoms with van der Waals surface area (Å²) in [7, 11) is 0. The van der Waals surface area contributed by atoms with Crippen molar-refractivity contribution in [3.05, 3.63) is 107 Å². The lowest BCUT2D eigenvalue weighted by atomic mass is 9.95. The number of nitrogens with zero attached hydrogens (tertiary/aromatic N) is 4. The molecule has 1 aliphatic heterocycles. The van der Waals surface area contributed by atoms with Gasteiger partial charge in [-0.1, -0.05) is 36.9 Å². The van der Waals surface area contributed by atoms with Gasteiger partial charge < -0.3 is 4.74 Å². The fourth-order valence-electron chi connectivity index (χ4n) is 4.06. The number of benzene rings is 2. The molecule has 0 bridgehead atoms. The number of esters is 1. The van der Waals surface area contributed by atoms with Crippen LogP contribution in [0.25, 0.3) is 0 Å². The number of nitriles is 1. The molecule has 3 aromatic rings. The van der Waals surface area contributed by atoms with Gasteiger partial charge in [0.2, 0.25) is 0 Å². The molecule has 2 heterocycles. The van der Waals surface area contributed by atoms with E-state index in [0.717, 1.165) is 17.7 Å². The molecule has 0 aliphatic carbocycles. The molecule has 0 amide bonds. The average molecular weight is 551 g/mol. The third-order valence-electron chi connectivity index (χ3n) is 5.99. The van der Waals surface area contributed by atoms with Crippen LogP contribution in [0.4, 0.5) is 18.9 Å². The lowest BCUT2D eigenvalue weighted by Gasteiger charge is -2.35. The van der Waals surface area contributed by atoms with Crippen LogP contribution in [0, 0.1) is 11.3 Å². The molecule has 1 atom stereocenters. The van der Waals surface area contributed by atoms with Crippen molar-refractivity contribution in [3.8, 4) is 6.07 Å². The summed E-state index contributed by atoms with van der Waals surface area (Å²) >= 11 is 1.34. The zero-order chi connectivity index (χ0) is 28.0. The Labute approximate surface area is 228 Å². The summed E-state index contributed by atoms with van der Waals surface area (Å²) in [5.41, 5.74) is 2.11. The molecule has 0 saturated heterocycles. The maximum Gasteiger partial charge on any atom is 0.416 e. The molecule has 0 radical (unpaired) electrons. The Hall–Kier alpha value is -4.10. The maximum atomic E-state index is 13.6. The Balaban J connectivity index is 1.86.